The van der Waals surface area contributed by atoms with E-state index in [1.54, 1.807) is 6.26 Å². The van der Waals surface area contributed by atoms with Crippen LogP contribution in [0.5, 0.6) is 0 Å². The van der Waals surface area contributed by atoms with Gasteiger partial charge in [0.1, 0.15) is 0 Å². The largest absolute Gasteiger partial charge is 0.431 e. The molecule has 0 aliphatic heterocycles. The van der Waals surface area contributed by atoms with E-state index in [0.29, 0.717) is 24.7 Å². The van der Waals surface area contributed by atoms with E-state index in [0.717, 1.165) is 37.7 Å². The van der Waals surface area contributed by atoms with Gasteiger partial charge in [-0.25, -0.2) is 4.79 Å². The van der Waals surface area contributed by atoms with Gasteiger partial charge in [-0.1, -0.05) is 13.8 Å². The fourth-order valence-electron chi connectivity index (χ4n) is 8.52. The average Bonchev–Trinajstić information content (AvgIpc) is 2.93. The maximum Gasteiger partial charge on any atom is 0.335 e. The molecule has 5 rings (SSSR count). The van der Waals surface area contributed by atoms with Crippen molar-refractivity contribution in [1.29, 1.82) is 0 Å². The van der Waals surface area contributed by atoms with Crippen LogP contribution in [0.2, 0.25) is 0 Å². The van der Waals surface area contributed by atoms with Gasteiger partial charge in [-0.2, -0.15) is 0 Å². The molecule has 0 aromatic carbocycles. The highest BCUT2D eigenvalue weighted by Gasteiger charge is 2.65. The van der Waals surface area contributed by atoms with Gasteiger partial charge in [-0.15, -0.1) is 0 Å². The maximum absolute atomic E-state index is 11.5. The third kappa shape index (κ3) is 2.80. The first-order valence-corrected chi connectivity index (χ1v) is 11.4. The Hall–Kier alpha value is -1.17. The summed E-state index contributed by atoms with van der Waals surface area (Å²) in [7, 11) is 0. The molecule has 29 heavy (non-hydrogen) atoms. The van der Waals surface area contributed by atoms with Crippen molar-refractivity contribution in [2.45, 2.75) is 83.0 Å². The summed E-state index contributed by atoms with van der Waals surface area (Å²) in [6.07, 6.45) is 6.60. The van der Waals surface area contributed by atoms with E-state index in [1.165, 1.54) is 6.07 Å². The Morgan fingerprint density at radius 3 is 2.45 bits per heavy atom. The quantitative estimate of drug-likeness (QED) is 0.672. The molecule has 160 valence electrons. The molecule has 1 heterocycles. The van der Waals surface area contributed by atoms with Crippen molar-refractivity contribution < 1.29 is 19.7 Å². The average molecular weight is 403 g/mol. The van der Waals surface area contributed by atoms with Crippen LogP contribution in [-0.4, -0.2) is 33.6 Å². The minimum Gasteiger partial charge on any atom is -0.431 e. The van der Waals surface area contributed by atoms with Crippen molar-refractivity contribution in [2.24, 2.45) is 34.5 Å². The second kappa shape index (κ2) is 6.66. The molecule has 10 atom stereocenters. The van der Waals surface area contributed by atoms with E-state index in [2.05, 4.69) is 13.8 Å². The lowest BCUT2D eigenvalue weighted by atomic mass is 9.43. The van der Waals surface area contributed by atoms with Crippen molar-refractivity contribution in [2.75, 3.05) is 0 Å². The molecule has 0 radical (unpaired) electrons. The number of aliphatic hydroxyl groups excluding tert-OH is 3. The molecule has 5 heteroatoms. The van der Waals surface area contributed by atoms with Crippen molar-refractivity contribution in [1.82, 2.24) is 0 Å². The topological polar surface area (TPSA) is 90.9 Å². The van der Waals surface area contributed by atoms with Gasteiger partial charge in [0.25, 0.3) is 0 Å². The van der Waals surface area contributed by atoms with Crippen LogP contribution in [0.15, 0.2) is 27.6 Å². The fraction of sp³-hybridized carbons (Fsp3) is 0.792. The van der Waals surface area contributed by atoms with E-state index in [-0.39, 0.29) is 40.3 Å². The molecule has 1 aromatic rings. The summed E-state index contributed by atoms with van der Waals surface area (Å²) >= 11 is 0. The molecule has 4 fully saturated rings. The second-order valence-electron chi connectivity index (χ2n) is 10.9. The summed E-state index contributed by atoms with van der Waals surface area (Å²) < 4.78 is 5.14. The molecule has 3 N–H and O–H groups in total. The van der Waals surface area contributed by atoms with Crippen LogP contribution in [-0.2, 0) is 0 Å². The van der Waals surface area contributed by atoms with Crippen LogP contribution in [0.4, 0.5) is 0 Å². The molecular formula is C24H34O5. The minimum atomic E-state index is -0.397. The summed E-state index contributed by atoms with van der Waals surface area (Å²) in [6, 6.07) is 3.29. The molecule has 0 bridgehead atoms. The third-order valence-corrected chi connectivity index (χ3v) is 9.68. The lowest BCUT2D eigenvalue weighted by molar-refractivity contribution is -0.184. The normalized spacial score (nSPS) is 51.8. The molecule has 1 aromatic heterocycles. The van der Waals surface area contributed by atoms with Gasteiger partial charge < -0.3 is 19.7 Å². The smallest absolute Gasteiger partial charge is 0.335 e. The predicted molar refractivity (Wildman–Crippen MR) is 108 cm³/mol. The zero-order chi connectivity index (χ0) is 20.6. The van der Waals surface area contributed by atoms with E-state index in [9.17, 15) is 20.1 Å². The monoisotopic (exact) mass is 402 g/mol. The number of fused-ring (bicyclic) bond motifs is 5. The van der Waals surface area contributed by atoms with E-state index in [4.69, 9.17) is 4.42 Å². The van der Waals surface area contributed by atoms with Crippen molar-refractivity contribution >= 4 is 0 Å². The molecule has 4 saturated carbocycles. The first kappa shape index (κ1) is 19.8. The van der Waals surface area contributed by atoms with Crippen molar-refractivity contribution in [3.63, 3.8) is 0 Å². The molecule has 4 aliphatic rings. The van der Waals surface area contributed by atoms with Crippen LogP contribution in [0, 0.1) is 34.5 Å². The van der Waals surface area contributed by atoms with Crippen molar-refractivity contribution in [3.8, 4) is 0 Å². The number of aliphatic hydroxyl groups is 3. The Morgan fingerprint density at radius 1 is 0.966 bits per heavy atom. The van der Waals surface area contributed by atoms with Gasteiger partial charge in [-0.05, 0) is 97.0 Å². The van der Waals surface area contributed by atoms with Crippen LogP contribution >= 0.6 is 0 Å². The first-order valence-electron chi connectivity index (χ1n) is 11.4. The molecule has 0 amide bonds. The zero-order valence-electron chi connectivity index (χ0n) is 17.5. The summed E-state index contributed by atoms with van der Waals surface area (Å²) in [5.41, 5.74) is 0.431. The van der Waals surface area contributed by atoms with E-state index >= 15 is 0 Å². The predicted octanol–water partition coefficient (Wildman–Crippen LogP) is 3.07. The lowest BCUT2D eigenvalue weighted by Gasteiger charge is -2.62. The summed E-state index contributed by atoms with van der Waals surface area (Å²) in [4.78, 5) is 11.4. The summed E-state index contributed by atoms with van der Waals surface area (Å²) in [6.45, 7) is 4.55. The van der Waals surface area contributed by atoms with Crippen molar-refractivity contribution in [3.05, 3.63) is 34.4 Å². The number of hydrogen-bond acceptors (Lipinski definition) is 5. The molecule has 5 nitrogen and oxygen atoms in total. The van der Waals surface area contributed by atoms with Gasteiger partial charge in [0.2, 0.25) is 0 Å². The highest BCUT2D eigenvalue weighted by atomic mass is 16.4. The molecule has 0 unspecified atom stereocenters. The Kier molecular flexibility index (Phi) is 4.54. The van der Waals surface area contributed by atoms with E-state index in [1.807, 2.05) is 6.07 Å². The van der Waals surface area contributed by atoms with Crippen LogP contribution in [0.25, 0.3) is 0 Å². The van der Waals surface area contributed by atoms with Crippen LogP contribution < -0.4 is 5.63 Å². The van der Waals surface area contributed by atoms with Gasteiger partial charge in [0.15, 0.2) is 0 Å². The fourth-order valence-corrected chi connectivity index (χ4v) is 8.52. The minimum absolute atomic E-state index is 0.0419. The highest BCUT2D eigenvalue weighted by molar-refractivity contribution is 5.25. The molecule has 4 aliphatic carbocycles. The SMILES string of the molecule is C[C@]12CC[C@@H](O)C[C@@H]1CC[C@@H]1[C@@H]2[C@H](O)C[C@@]2(C)[C@H]1[C@H](O)C[C@@H]2c1ccc(=O)oc1. The summed E-state index contributed by atoms with van der Waals surface area (Å²) in [5.74, 6) is 1.19. The van der Waals surface area contributed by atoms with E-state index < -0.39 is 12.2 Å². The van der Waals surface area contributed by atoms with Gasteiger partial charge in [0.05, 0.1) is 24.6 Å². The number of rotatable bonds is 1. The summed E-state index contributed by atoms with van der Waals surface area (Å²) in [5, 5.41) is 32.9. The zero-order valence-corrected chi connectivity index (χ0v) is 17.5. The number of hydrogen-bond donors (Lipinski definition) is 3. The Labute approximate surface area is 172 Å². The third-order valence-electron chi connectivity index (χ3n) is 9.68. The Bertz CT molecular complexity index is 814. The van der Waals surface area contributed by atoms with Gasteiger partial charge >= 0.3 is 5.63 Å². The standard InChI is InChI=1S/C24H34O5/c1-23-8-7-15(25)9-14(23)4-5-16-21-18(26)10-17(13-3-6-20(28)29-12-13)24(21,2)11-19(27)22(16)23/h3,6,12,14-19,21-22,25-27H,4-5,7-11H2,1-2H3/t14-,15+,16-,17+,18+,19+,21+,22+,23-,24+/m0/s1. The molecule has 0 spiro atoms. The van der Waals surface area contributed by atoms with Gasteiger partial charge in [0, 0.05) is 6.07 Å². The molecular weight excluding hydrogens is 368 g/mol. The second-order valence-corrected chi connectivity index (χ2v) is 10.9. The Morgan fingerprint density at radius 2 is 1.72 bits per heavy atom. The Balaban J connectivity index is 1.51. The molecule has 0 saturated heterocycles. The highest BCUT2D eigenvalue weighted by Crippen LogP contribution is 2.68. The maximum atomic E-state index is 11.5. The first-order chi connectivity index (χ1) is 13.7. The van der Waals surface area contributed by atoms with Crippen LogP contribution in [0.1, 0.15) is 70.3 Å². The van der Waals surface area contributed by atoms with Crippen LogP contribution in [0.3, 0.4) is 0 Å². The lowest BCUT2D eigenvalue weighted by Crippen LogP contribution is -2.60. The van der Waals surface area contributed by atoms with Gasteiger partial charge in [-0.3, -0.25) is 0 Å².